The van der Waals surface area contributed by atoms with Crippen LogP contribution in [0.2, 0.25) is 0 Å². The Morgan fingerprint density at radius 3 is 2.28 bits per heavy atom. The van der Waals surface area contributed by atoms with Gasteiger partial charge in [0.2, 0.25) is 0 Å². The summed E-state index contributed by atoms with van der Waals surface area (Å²) in [7, 11) is 0. The van der Waals surface area contributed by atoms with Crippen molar-refractivity contribution < 1.29 is 19.0 Å². The molecule has 2 unspecified atom stereocenters. The fourth-order valence-corrected chi connectivity index (χ4v) is 1.31. The van der Waals surface area contributed by atoms with Gasteiger partial charge in [0.05, 0.1) is 18.8 Å². The summed E-state index contributed by atoms with van der Waals surface area (Å²) in [6.45, 7) is 9.62. The zero-order valence-electron chi connectivity index (χ0n) is 12.2. The summed E-state index contributed by atoms with van der Waals surface area (Å²) in [6.07, 6.45) is 3.51. The van der Waals surface area contributed by atoms with E-state index in [1.54, 1.807) is 0 Å². The van der Waals surface area contributed by atoms with Crippen LogP contribution in [-0.4, -0.2) is 38.0 Å². The van der Waals surface area contributed by atoms with E-state index >= 15 is 0 Å². The van der Waals surface area contributed by atoms with Crippen LogP contribution in [-0.2, 0) is 19.0 Å². The van der Waals surface area contributed by atoms with Crippen molar-refractivity contribution in [3.05, 3.63) is 0 Å². The van der Waals surface area contributed by atoms with E-state index in [-0.39, 0.29) is 18.2 Å². The Morgan fingerprint density at radius 1 is 1.00 bits per heavy atom. The SMILES string of the molecule is CCCCOC(C)COC(C)COC(=O)CCC. The van der Waals surface area contributed by atoms with Crippen molar-refractivity contribution in [1.82, 2.24) is 0 Å². The lowest BCUT2D eigenvalue weighted by molar-refractivity contribution is -0.148. The second-order valence-corrected chi connectivity index (χ2v) is 4.61. The first-order valence-corrected chi connectivity index (χ1v) is 6.98. The first kappa shape index (κ1) is 17.4. The van der Waals surface area contributed by atoms with E-state index in [4.69, 9.17) is 14.2 Å². The summed E-state index contributed by atoms with van der Waals surface area (Å²) in [5, 5.41) is 0. The average Bonchev–Trinajstić information content (AvgIpc) is 2.34. The third kappa shape index (κ3) is 10.5. The number of carbonyl (C=O) groups is 1. The number of carbonyl (C=O) groups excluding carboxylic acids is 1. The number of unbranched alkanes of at least 4 members (excludes halogenated alkanes) is 1. The fraction of sp³-hybridized carbons (Fsp3) is 0.929. The van der Waals surface area contributed by atoms with E-state index in [9.17, 15) is 4.79 Å². The largest absolute Gasteiger partial charge is 0.463 e. The number of hydrogen-bond donors (Lipinski definition) is 0. The van der Waals surface area contributed by atoms with Gasteiger partial charge in [-0.3, -0.25) is 4.79 Å². The van der Waals surface area contributed by atoms with Crippen molar-refractivity contribution in [3.63, 3.8) is 0 Å². The zero-order valence-corrected chi connectivity index (χ0v) is 12.2. The normalized spacial score (nSPS) is 14.2. The highest BCUT2D eigenvalue weighted by Gasteiger charge is 2.09. The molecule has 0 saturated carbocycles. The van der Waals surface area contributed by atoms with Crippen molar-refractivity contribution >= 4 is 5.97 Å². The van der Waals surface area contributed by atoms with Crippen LogP contribution in [0, 0.1) is 0 Å². The molecule has 0 aromatic rings. The molecular formula is C14H28O4. The summed E-state index contributed by atoms with van der Waals surface area (Å²) < 4.78 is 16.2. The molecule has 0 aliphatic carbocycles. The highest BCUT2D eigenvalue weighted by atomic mass is 16.6. The van der Waals surface area contributed by atoms with E-state index in [1.165, 1.54) is 0 Å². The summed E-state index contributed by atoms with van der Waals surface area (Å²) in [4.78, 5) is 11.2. The van der Waals surface area contributed by atoms with Gasteiger partial charge in [0.1, 0.15) is 6.61 Å². The maximum absolute atomic E-state index is 11.2. The van der Waals surface area contributed by atoms with Gasteiger partial charge in [0, 0.05) is 13.0 Å². The molecule has 0 saturated heterocycles. The molecule has 0 aliphatic rings. The molecular weight excluding hydrogens is 232 g/mol. The molecule has 0 bridgehead atoms. The van der Waals surface area contributed by atoms with Crippen LogP contribution in [0.1, 0.15) is 53.4 Å². The standard InChI is InChI=1S/C14H28O4/c1-5-7-9-16-12(3)10-17-13(4)11-18-14(15)8-6-2/h12-13H,5-11H2,1-4H3. The molecule has 108 valence electrons. The maximum Gasteiger partial charge on any atom is 0.305 e. The lowest BCUT2D eigenvalue weighted by Crippen LogP contribution is -2.24. The van der Waals surface area contributed by atoms with Crippen LogP contribution in [0.4, 0.5) is 0 Å². The zero-order chi connectivity index (χ0) is 13.8. The van der Waals surface area contributed by atoms with Gasteiger partial charge >= 0.3 is 5.97 Å². The molecule has 0 radical (unpaired) electrons. The van der Waals surface area contributed by atoms with Crippen LogP contribution in [0.25, 0.3) is 0 Å². The van der Waals surface area contributed by atoms with E-state index < -0.39 is 0 Å². The van der Waals surface area contributed by atoms with E-state index in [0.29, 0.717) is 19.6 Å². The topological polar surface area (TPSA) is 44.8 Å². The molecule has 0 heterocycles. The molecule has 0 N–H and O–H groups in total. The van der Waals surface area contributed by atoms with E-state index in [2.05, 4.69) is 6.92 Å². The Morgan fingerprint density at radius 2 is 1.67 bits per heavy atom. The fourth-order valence-electron chi connectivity index (χ4n) is 1.31. The highest BCUT2D eigenvalue weighted by Crippen LogP contribution is 2.00. The molecule has 0 aromatic carbocycles. The molecule has 0 aliphatic heterocycles. The first-order valence-electron chi connectivity index (χ1n) is 6.98. The summed E-state index contributed by atoms with van der Waals surface area (Å²) in [5.74, 6) is -0.153. The molecule has 18 heavy (non-hydrogen) atoms. The summed E-state index contributed by atoms with van der Waals surface area (Å²) >= 11 is 0. The molecule has 0 rings (SSSR count). The van der Waals surface area contributed by atoms with Crippen LogP contribution >= 0.6 is 0 Å². The Bertz CT molecular complexity index is 206. The van der Waals surface area contributed by atoms with Crippen LogP contribution in [0.3, 0.4) is 0 Å². The Kier molecular flexibility index (Phi) is 11.1. The second-order valence-electron chi connectivity index (χ2n) is 4.61. The highest BCUT2D eigenvalue weighted by molar-refractivity contribution is 5.69. The monoisotopic (exact) mass is 260 g/mol. The number of ether oxygens (including phenoxy) is 3. The van der Waals surface area contributed by atoms with Crippen molar-refractivity contribution in [2.24, 2.45) is 0 Å². The molecule has 0 spiro atoms. The lowest BCUT2D eigenvalue weighted by Gasteiger charge is -2.17. The maximum atomic E-state index is 11.2. The van der Waals surface area contributed by atoms with Gasteiger partial charge in [-0.2, -0.15) is 0 Å². The molecule has 4 nitrogen and oxygen atoms in total. The van der Waals surface area contributed by atoms with Crippen molar-refractivity contribution in [3.8, 4) is 0 Å². The molecule has 2 atom stereocenters. The summed E-state index contributed by atoms with van der Waals surface area (Å²) in [6, 6.07) is 0. The van der Waals surface area contributed by atoms with Gasteiger partial charge in [0.15, 0.2) is 0 Å². The average molecular weight is 260 g/mol. The second kappa shape index (κ2) is 11.5. The Balaban J connectivity index is 3.50. The van der Waals surface area contributed by atoms with Gasteiger partial charge in [-0.1, -0.05) is 20.3 Å². The van der Waals surface area contributed by atoms with Crippen molar-refractivity contribution in [2.75, 3.05) is 19.8 Å². The summed E-state index contributed by atoms with van der Waals surface area (Å²) in [5.41, 5.74) is 0. The van der Waals surface area contributed by atoms with Gasteiger partial charge in [-0.25, -0.2) is 0 Å². The van der Waals surface area contributed by atoms with Crippen molar-refractivity contribution in [1.29, 1.82) is 0 Å². The quantitative estimate of drug-likeness (QED) is 0.423. The third-order valence-corrected chi connectivity index (χ3v) is 2.45. The lowest BCUT2D eigenvalue weighted by atomic mass is 10.3. The van der Waals surface area contributed by atoms with Crippen LogP contribution < -0.4 is 0 Å². The van der Waals surface area contributed by atoms with Gasteiger partial charge < -0.3 is 14.2 Å². The predicted molar refractivity (Wildman–Crippen MR) is 71.6 cm³/mol. The minimum Gasteiger partial charge on any atom is -0.463 e. The van der Waals surface area contributed by atoms with Gasteiger partial charge in [-0.05, 0) is 26.7 Å². The Hall–Kier alpha value is -0.610. The van der Waals surface area contributed by atoms with Crippen LogP contribution in [0.5, 0.6) is 0 Å². The third-order valence-electron chi connectivity index (χ3n) is 2.45. The molecule has 0 aromatic heterocycles. The van der Waals surface area contributed by atoms with E-state index in [1.807, 2.05) is 20.8 Å². The van der Waals surface area contributed by atoms with Crippen molar-refractivity contribution in [2.45, 2.75) is 65.6 Å². The smallest absolute Gasteiger partial charge is 0.305 e. The minimum atomic E-state index is -0.153. The van der Waals surface area contributed by atoms with Crippen LogP contribution in [0.15, 0.2) is 0 Å². The van der Waals surface area contributed by atoms with Gasteiger partial charge in [-0.15, -0.1) is 0 Å². The predicted octanol–water partition coefficient (Wildman–Crippen LogP) is 2.94. The number of esters is 1. The number of hydrogen-bond acceptors (Lipinski definition) is 4. The number of rotatable bonds is 11. The molecule has 0 fully saturated rings. The molecule has 0 amide bonds. The first-order chi connectivity index (χ1) is 8.60. The minimum absolute atomic E-state index is 0.0805. The van der Waals surface area contributed by atoms with Gasteiger partial charge in [0.25, 0.3) is 0 Å². The van der Waals surface area contributed by atoms with E-state index in [0.717, 1.165) is 25.9 Å². The Labute approximate surface area is 111 Å². The molecule has 4 heteroatoms.